The third-order valence-corrected chi connectivity index (χ3v) is 15.0. The number of fused-ring (bicyclic) bond motifs is 7. The summed E-state index contributed by atoms with van der Waals surface area (Å²) in [6.07, 6.45) is 11.2. The Balaban J connectivity index is 1.50. The number of aliphatic carboxylic acids is 2. The van der Waals surface area contributed by atoms with Crippen LogP contribution in [0.4, 0.5) is 0 Å². The predicted octanol–water partition coefficient (Wildman–Crippen LogP) is 8.41. The van der Waals surface area contributed by atoms with Gasteiger partial charge in [0.1, 0.15) is 5.78 Å². The molecule has 5 nitrogen and oxygen atoms in total. The number of rotatable bonds is 5. The van der Waals surface area contributed by atoms with Crippen molar-refractivity contribution >= 4 is 17.7 Å². The van der Waals surface area contributed by atoms with Crippen LogP contribution in [0.2, 0.25) is 0 Å². The fourth-order valence-electron chi connectivity index (χ4n) is 12.1. The van der Waals surface area contributed by atoms with Crippen molar-refractivity contribution in [1.29, 1.82) is 0 Å². The summed E-state index contributed by atoms with van der Waals surface area (Å²) in [7, 11) is 0. The van der Waals surface area contributed by atoms with Gasteiger partial charge in [0.25, 0.3) is 0 Å². The molecule has 230 valence electrons. The Labute approximate surface area is 248 Å². The molecule has 0 unspecified atom stereocenters. The lowest BCUT2D eigenvalue weighted by molar-refractivity contribution is -0.199. The van der Waals surface area contributed by atoms with E-state index >= 15 is 0 Å². The molecule has 0 amide bonds. The summed E-state index contributed by atoms with van der Waals surface area (Å²) in [6, 6.07) is 0. The second kappa shape index (κ2) is 9.42. The molecule has 0 aromatic rings. The van der Waals surface area contributed by atoms with Crippen LogP contribution in [0.1, 0.15) is 127 Å². The SMILES string of the molecule is C[C@H]1[C@H](C)CC[C@]2(C(=O)O)CC[C@]3(C)C(=CC[C@@H]4[C@@]5(C)CC[C@H](C(=O)CC(C)(C)C(=O)O)C(C)(C)[C@@H]5CC[C@]43C)[C@H]12. The molecule has 2 N–H and O–H groups in total. The average molecular weight is 569 g/mol. The van der Waals surface area contributed by atoms with E-state index in [4.69, 9.17) is 0 Å². The first kappa shape index (κ1) is 30.8. The van der Waals surface area contributed by atoms with E-state index in [9.17, 15) is 24.6 Å². The van der Waals surface area contributed by atoms with Gasteiger partial charge in [-0.25, -0.2) is 0 Å². The molecule has 10 atom stereocenters. The van der Waals surface area contributed by atoms with Crippen molar-refractivity contribution in [3.05, 3.63) is 11.6 Å². The molecule has 41 heavy (non-hydrogen) atoms. The lowest BCUT2D eigenvalue weighted by Crippen LogP contribution is -2.65. The number of carboxylic acid groups (broad SMARTS) is 2. The van der Waals surface area contributed by atoms with Gasteiger partial charge in [-0.1, -0.05) is 60.1 Å². The van der Waals surface area contributed by atoms with Crippen molar-refractivity contribution in [2.75, 3.05) is 0 Å². The number of allylic oxidation sites excluding steroid dienone is 2. The van der Waals surface area contributed by atoms with Gasteiger partial charge >= 0.3 is 11.9 Å². The fraction of sp³-hybridized carbons (Fsp3) is 0.861. The molecule has 5 aliphatic carbocycles. The van der Waals surface area contributed by atoms with Crippen LogP contribution in [0.15, 0.2) is 11.6 Å². The molecule has 0 bridgehead atoms. The highest BCUT2D eigenvalue weighted by molar-refractivity contribution is 5.88. The van der Waals surface area contributed by atoms with Gasteiger partial charge < -0.3 is 10.2 Å². The zero-order valence-corrected chi connectivity index (χ0v) is 27.2. The summed E-state index contributed by atoms with van der Waals surface area (Å²) in [5.74, 6) is 0.438. The first-order valence-electron chi connectivity index (χ1n) is 16.5. The Morgan fingerprint density at radius 1 is 0.878 bits per heavy atom. The van der Waals surface area contributed by atoms with Crippen LogP contribution in [0.3, 0.4) is 0 Å². The minimum absolute atomic E-state index is 0.0127. The summed E-state index contributed by atoms with van der Waals surface area (Å²) < 4.78 is 0. The maximum atomic E-state index is 13.7. The van der Waals surface area contributed by atoms with Crippen molar-refractivity contribution in [3.8, 4) is 0 Å². The van der Waals surface area contributed by atoms with Crippen LogP contribution < -0.4 is 0 Å². The van der Waals surface area contributed by atoms with Gasteiger partial charge in [0.15, 0.2) is 0 Å². The highest BCUT2D eigenvalue weighted by atomic mass is 16.4. The van der Waals surface area contributed by atoms with E-state index in [1.54, 1.807) is 13.8 Å². The van der Waals surface area contributed by atoms with Crippen molar-refractivity contribution in [2.24, 2.45) is 68.0 Å². The number of carbonyl (C=O) groups excluding carboxylic acids is 1. The van der Waals surface area contributed by atoms with Crippen LogP contribution >= 0.6 is 0 Å². The Bertz CT molecular complexity index is 1160. The third kappa shape index (κ3) is 4.01. The minimum Gasteiger partial charge on any atom is -0.481 e. The highest BCUT2D eigenvalue weighted by Gasteiger charge is 2.69. The first-order chi connectivity index (χ1) is 18.8. The fourth-order valence-corrected chi connectivity index (χ4v) is 12.1. The van der Waals surface area contributed by atoms with Crippen LogP contribution in [0, 0.1) is 68.0 Å². The molecule has 0 saturated heterocycles. The Morgan fingerprint density at radius 2 is 1.54 bits per heavy atom. The van der Waals surface area contributed by atoms with Crippen LogP contribution in [0.25, 0.3) is 0 Å². The second-order valence-corrected chi connectivity index (χ2v) is 17.4. The topological polar surface area (TPSA) is 91.7 Å². The van der Waals surface area contributed by atoms with Gasteiger partial charge in [-0.05, 0) is 123 Å². The molecule has 0 radical (unpaired) electrons. The van der Waals surface area contributed by atoms with E-state index in [0.29, 0.717) is 23.7 Å². The Kier molecular flexibility index (Phi) is 7.08. The zero-order chi connectivity index (χ0) is 30.6. The molecule has 0 spiro atoms. The Morgan fingerprint density at radius 3 is 2.15 bits per heavy atom. The summed E-state index contributed by atoms with van der Waals surface area (Å²) in [5.41, 5.74) is -0.224. The van der Waals surface area contributed by atoms with Crippen LogP contribution in [-0.2, 0) is 14.4 Å². The van der Waals surface area contributed by atoms with Gasteiger partial charge in [-0.15, -0.1) is 0 Å². The number of hydrogen-bond acceptors (Lipinski definition) is 3. The molecule has 4 fully saturated rings. The van der Waals surface area contributed by atoms with E-state index in [1.807, 2.05) is 0 Å². The van der Waals surface area contributed by atoms with Gasteiger partial charge in [0, 0.05) is 12.3 Å². The van der Waals surface area contributed by atoms with E-state index in [2.05, 4.69) is 54.5 Å². The molecule has 0 heterocycles. The maximum absolute atomic E-state index is 13.7. The quantitative estimate of drug-likeness (QED) is 0.325. The molecule has 5 rings (SSSR count). The largest absolute Gasteiger partial charge is 0.481 e. The Hall–Kier alpha value is -1.65. The van der Waals surface area contributed by atoms with Gasteiger partial charge in [-0.3, -0.25) is 14.4 Å². The molecule has 0 aromatic heterocycles. The molecule has 5 aliphatic rings. The van der Waals surface area contributed by atoms with E-state index < -0.39 is 22.8 Å². The van der Waals surface area contributed by atoms with E-state index in [1.165, 1.54) is 5.57 Å². The zero-order valence-electron chi connectivity index (χ0n) is 27.2. The third-order valence-electron chi connectivity index (χ3n) is 15.0. The lowest BCUT2D eigenvalue weighted by atomic mass is 9.33. The van der Waals surface area contributed by atoms with Crippen molar-refractivity contribution in [2.45, 2.75) is 127 Å². The molecular weight excluding hydrogens is 512 g/mol. The average Bonchev–Trinajstić information content (AvgIpc) is 2.85. The summed E-state index contributed by atoms with van der Waals surface area (Å²) in [6.45, 7) is 20.1. The lowest BCUT2D eigenvalue weighted by Gasteiger charge is -2.71. The standard InChI is InChI=1S/C36H56O5/c1-21-12-17-36(30(40)41)19-18-34(8)24(28(36)22(21)2)10-11-27-33(7)15-13-23(25(37)20-31(3,4)29(38)39)32(5,6)26(33)14-16-35(27,34)9/h10,21-23,26-28H,11-20H2,1-9H3,(H,38,39)(H,40,41)/t21-,22+,23-,26+,27-,28+,33+,34-,35-,36+/m1/s1. The van der Waals surface area contributed by atoms with Gasteiger partial charge in [0.2, 0.25) is 0 Å². The second-order valence-electron chi connectivity index (χ2n) is 17.4. The summed E-state index contributed by atoms with van der Waals surface area (Å²) >= 11 is 0. The molecule has 0 aliphatic heterocycles. The number of ketones is 1. The molecule has 0 aromatic carbocycles. The first-order valence-corrected chi connectivity index (χ1v) is 16.5. The van der Waals surface area contributed by atoms with Crippen molar-refractivity contribution in [1.82, 2.24) is 0 Å². The maximum Gasteiger partial charge on any atom is 0.310 e. The number of carbonyl (C=O) groups is 3. The van der Waals surface area contributed by atoms with Gasteiger partial charge in [-0.2, -0.15) is 0 Å². The van der Waals surface area contributed by atoms with Crippen molar-refractivity contribution in [3.63, 3.8) is 0 Å². The highest BCUT2D eigenvalue weighted by Crippen LogP contribution is 2.76. The number of carboxylic acids is 2. The minimum atomic E-state index is -1.04. The molecule has 5 heteroatoms. The van der Waals surface area contributed by atoms with E-state index in [0.717, 1.165) is 57.8 Å². The number of hydrogen-bond donors (Lipinski definition) is 2. The molecular formula is C36H56O5. The predicted molar refractivity (Wildman–Crippen MR) is 161 cm³/mol. The van der Waals surface area contributed by atoms with Crippen LogP contribution in [0.5, 0.6) is 0 Å². The summed E-state index contributed by atoms with van der Waals surface area (Å²) in [4.78, 5) is 38.4. The smallest absolute Gasteiger partial charge is 0.310 e. The van der Waals surface area contributed by atoms with Crippen LogP contribution in [-0.4, -0.2) is 27.9 Å². The number of Topliss-reactive ketones (excluding diaryl/α,β-unsaturated/α-hetero) is 1. The molecule has 4 saturated carbocycles. The van der Waals surface area contributed by atoms with Crippen molar-refractivity contribution < 1.29 is 24.6 Å². The normalized spacial score (nSPS) is 47.1. The van der Waals surface area contributed by atoms with E-state index in [-0.39, 0.29) is 45.7 Å². The summed E-state index contributed by atoms with van der Waals surface area (Å²) in [5, 5.41) is 20.3. The van der Waals surface area contributed by atoms with Gasteiger partial charge in [0.05, 0.1) is 10.8 Å². The monoisotopic (exact) mass is 568 g/mol.